The van der Waals surface area contributed by atoms with Crippen LogP contribution in [-0.4, -0.2) is 6.61 Å². The van der Waals surface area contributed by atoms with E-state index >= 15 is 0 Å². The fourth-order valence-corrected chi connectivity index (χ4v) is 3.30. The molecule has 0 atom stereocenters. The van der Waals surface area contributed by atoms with Gasteiger partial charge >= 0.3 is 0 Å². The molecule has 152 valence electrons. The van der Waals surface area contributed by atoms with E-state index in [9.17, 15) is 0 Å². The van der Waals surface area contributed by atoms with E-state index in [-0.39, 0.29) is 0 Å². The standard InChI is InChI=1S/C26H37NO/c1-2-3-4-5-6-7-9-14-23-18-20-24(21-19-23)15-10-8-13-22-28-26-17-12-11-16-25(26)27/h10-12,15-21H,2-9,13-14,22,27H2,1H3/b15-10+. The van der Waals surface area contributed by atoms with E-state index in [0.717, 1.165) is 18.6 Å². The summed E-state index contributed by atoms with van der Waals surface area (Å²) in [6.07, 6.45) is 17.2. The van der Waals surface area contributed by atoms with Crippen molar-refractivity contribution in [2.75, 3.05) is 12.3 Å². The number of para-hydroxylation sites is 2. The number of allylic oxidation sites excluding steroid dienone is 1. The zero-order valence-electron chi connectivity index (χ0n) is 17.5. The first-order valence-corrected chi connectivity index (χ1v) is 11.0. The normalized spacial score (nSPS) is 11.2. The van der Waals surface area contributed by atoms with Crippen LogP contribution in [0.5, 0.6) is 5.75 Å². The van der Waals surface area contributed by atoms with Gasteiger partial charge in [-0.25, -0.2) is 0 Å². The Balaban J connectivity index is 1.57. The Morgan fingerprint density at radius 2 is 1.54 bits per heavy atom. The summed E-state index contributed by atoms with van der Waals surface area (Å²) in [4.78, 5) is 0. The van der Waals surface area contributed by atoms with Crippen LogP contribution in [-0.2, 0) is 6.42 Å². The Kier molecular flexibility index (Phi) is 10.9. The van der Waals surface area contributed by atoms with Crippen molar-refractivity contribution < 1.29 is 4.74 Å². The Bertz CT molecular complexity index is 675. The van der Waals surface area contributed by atoms with Gasteiger partial charge in [-0.1, -0.05) is 94.0 Å². The highest BCUT2D eigenvalue weighted by atomic mass is 16.5. The Morgan fingerprint density at radius 3 is 2.29 bits per heavy atom. The number of benzene rings is 2. The predicted octanol–water partition coefficient (Wildman–Crippen LogP) is 7.43. The summed E-state index contributed by atoms with van der Waals surface area (Å²) >= 11 is 0. The molecule has 0 aliphatic carbocycles. The maximum atomic E-state index is 5.87. The summed E-state index contributed by atoms with van der Waals surface area (Å²) < 4.78 is 5.72. The molecule has 28 heavy (non-hydrogen) atoms. The summed E-state index contributed by atoms with van der Waals surface area (Å²) in [5, 5.41) is 0. The average molecular weight is 380 g/mol. The molecule has 0 aliphatic heterocycles. The number of nitrogens with two attached hydrogens (primary N) is 1. The number of anilines is 1. The first-order chi connectivity index (χ1) is 13.8. The van der Waals surface area contributed by atoms with Gasteiger partial charge in [0.15, 0.2) is 0 Å². The maximum Gasteiger partial charge on any atom is 0.142 e. The largest absolute Gasteiger partial charge is 0.491 e. The van der Waals surface area contributed by atoms with Crippen LogP contribution < -0.4 is 10.5 Å². The quantitative estimate of drug-likeness (QED) is 0.273. The van der Waals surface area contributed by atoms with Crippen LogP contribution in [0.4, 0.5) is 5.69 Å². The van der Waals surface area contributed by atoms with Crippen LogP contribution in [0.15, 0.2) is 54.6 Å². The van der Waals surface area contributed by atoms with Crippen molar-refractivity contribution in [2.24, 2.45) is 0 Å². The second kappa shape index (κ2) is 13.9. The highest BCUT2D eigenvalue weighted by molar-refractivity contribution is 5.52. The number of aryl methyl sites for hydroxylation is 1. The van der Waals surface area contributed by atoms with Gasteiger partial charge < -0.3 is 10.5 Å². The SMILES string of the molecule is CCCCCCCCCc1ccc(/C=C/CCCOc2ccccc2N)cc1. The summed E-state index contributed by atoms with van der Waals surface area (Å²) in [5.41, 5.74) is 9.31. The molecule has 0 unspecified atom stereocenters. The van der Waals surface area contributed by atoms with Crippen LogP contribution in [0.2, 0.25) is 0 Å². The minimum Gasteiger partial charge on any atom is -0.491 e. The van der Waals surface area contributed by atoms with Crippen molar-refractivity contribution in [2.45, 2.75) is 71.1 Å². The Hall–Kier alpha value is -2.22. The fraction of sp³-hybridized carbons (Fsp3) is 0.462. The van der Waals surface area contributed by atoms with E-state index in [1.807, 2.05) is 24.3 Å². The highest BCUT2D eigenvalue weighted by Gasteiger charge is 1.97. The van der Waals surface area contributed by atoms with Gasteiger partial charge in [-0.15, -0.1) is 0 Å². The molecule has 0 bridgehead atoms. The average Bonchev–Trinajstić information content (AvgIpc) is 2.72. The second-order valence-electron chi connectivity index (χ2n) is 7.54. The monoisotopic (exact) mass is 379 g/mol. The predicted molar refractivity (Wildman–Crippen MR) is 123 cm³/mol. The molecule has 0 aromatic heterocycles. The van der Waals surface area contributed by atoms with E-state index in [4.69, 9.17) is 10.5 Å². The molecule has 0 heterocycles. The van der Waals surface area contributed by atoms with Gasteiger partial charge in [0.2, 0.25) is 0 Å². The lowest BCUT2D eigenvalue weighted by Crippen LogP contribution is -1.99. The Labute approximate surface area is 171 Å². The summed E-state index contributed by atoms with van der Waals surface area (Å²) in [7, 11) is 0. The van der Waals surface area contributed by atoms with Gasteiger partial charge in [0, 0.05) is 0 Å². The minimum absolute atomic E-state index is 0.690. The number of rotatable bonds is 14. The number of nitrogen functional groups attached to an aromatic ring is 1. The van der Waals surface area contributed by atoms with E-state index in [1.54, 1.807) is 0 Å². The molecule has 0 spiro atoms. The van der Waals surface area contributed by atoms with Crippen LogP contribution in [0.25, 0.3) is 6.08 Å². The van der Waals surface area contributed by atoms with Crippen molar-refractivity contribution in [1.82, 2.24) is 0 Å². The first kappa shape index (κ1) is 22.1. The van der Waals surface area contributed by atoms with E-state index in [0.29, 0.717) is 12.3 Å². The lowest BCUT2D eigenvalue weighted by atomic mass is 10.0. The molecule has 2 heteroatoms. The smallest absolute Gasteiger partial charge is 0.142 e. The molecule has 2 nitrogen and oxygen atoms in total. The fourth-order valence-electron chi connectivity index (χ4n) is 3.30. The molecule has 0 radical (unpaired) electrons. The summed E-state index contributed by atoms with van der Waals surface area (Å²) in [6, 6.07) is 16.7. The zero-order chi connectivity index (χ0) is 19.9. The van der Waals surface area contributed by atoms with Crippen molar-refractivity contribution in [1.29, 1.82) is 0 Å². The molecule has 0 amide bonds. The third kappa shape index (κ3) is 9.12. The van der Waals surface area contributed by atoms with Gasteiger partial charge in [-0.3, -0.25) is 0 Å². The summed E-state index contributed by atoms with van der Waals surface area (Å²) in [6.45, 7) is 2.96. The molecule has 0 fully saturated rings. The molecule has 2 aromatic carbocycles. The third-order valence-electron chi connectivity index (χ3n) is 5.05. The molecular formula is C26H37NO. The summed E-state index contributed by atoms with van der Waals surface area (Å²) in [5.74, 6) is 0.781. The van der Waals surface area contributed by atoms with Crippen molar-refractivity contribution in [3.8, 4) is 5.75 Å². The van der Waals surface area contributed by atoms with Crippen LogP contribution >= 0.6 is 0 Å². The number of unbranched alkanes of at least 4 members (excludes halogenated alkanes) is 7. The highest BCUT2D eigenvalue weighted by Crippen LogP contribution is 2.20. The molecule has 2 rings (SSSR count). The van der Waals surface area contributed by atoms with Gasteiger partial charge in [-0.05, 0) is 48.9 Å². The van der Waals surface area contributed by atoms with Crippen molar-refractivity contribution >= 4 is 11.8 Å². The topological polar surface area (TPSA) is 35.2 Å². The van der Waals surface area contributed by atoms with Crippen LogP contribution in [0, 0.1) is 0 Å². The second-order valence-corrected chi connectivity index (χ2v) is 7.54. The van der Waals surface area contributed by atoms with E-state index in [2.05, 4.69) is 43.3 Å². The van der Waals surface area contributed by atoms with Crippen molar-refractivity contribution in [3.05, 3.63) is 65.7 Å². The number of hydrogen-bond donors (Lipinski definition) is 1. The van der Waals surface area contributed by atoms with Gasteiger partial charge in [0.05, 0.1) is 12.3 Å². The first-order valence-electron chi connectivity index (χ1n) is 11.0. The van der Waals surface area contributed by atoms with Crippen LogP contribution in [0.1, 0.15) is 75.8 Å². The third-order valence-corrected chi connectivity index (χ3v) is 5.05. The molecular weight excluding hydrogens is 342 g/mol. The minimum atomic E-state index is 0.690. The number of ether oxygens (including phenoxy) is 1. The molecule has 2 N–H and O–H groups in total. The zero-order valence-corrected chi connectivity index (χ0v) is 17.5. The van der Waals surface area contributed by atoms with Gasteiger partial charge in [0.1, 0.15) is 5.75 Å². The molecule has 0 aliphatic rings. The van der Waals surface area contributed by atoms with Crippen LogP contribution in [0.3, 0.4) is 0 Å². The lowest BCUT2D eigenvalue weighted by Gasteiger charge is -2.07. The number of hydrogen-bond acceptors (Lipinski definition) is 2. The molecule has 0 saturated carbocycles. The molecule has 2 aromatic rings. The van der Waals surface area contributed by atoms with Gasteiger partial charge in [0.25, 0.3) is 0 Å². The molecule has 0 saturated heterocycles. The Morgan fingerprint density at radius 1 is 0.821 bits per heavy atom. The van der Waals surface area contributed by atoms with Gasteiger partial charge in [-0.2, -0.15) is 0 Å². The van der Waals surface area contributed by atoms with E-state index < -0.39 is 0 Å². The van der Waals surface area contributed by atoms with E-state index in [1.165, 1.54) is 62.5 Å². The lowest BCUT2D eigenvalue weighted by molar-refractivity contribution is 0.314. The maximum absolute atomic E-state index is 5.87. The van der Waals surface area contributed by atoms with Crippen molar-refractivity contribution in [3.63, 3.8) is 0 Å².